The molecule has 1 aliphatic rings. The Morgan fingerprint density at radius 3 is 2.82 bits per heavy atom. The van der Waals surface area contributed by atoms with E-state index in [4.69, 9.17) is 0 Å². The number of nitrogens with one attached hydrogen (secondary N) is 2. The zero-order valence-electron chi connectivity index (χ0n) is 13.0. The lowest BCUT2D eigenvalue weighted by Gasteiger charge is -2.20. The summed E-state index contributed by atoms with van der Waals surface area (Å²) >= 11 is 1.40. The second-order valence-corrected chi connectivity index (χ2v) is 6.63. The number of nitrogens with zero attached hydrogens (tertiary/aromatic N) is 1. The highest BCUT2D eigenvalue weighted by atomic mass is 32.1. The summed E-state index contributed by atoms with van der Waals surface area (Å²) in [6.07, 6.45) is 1.82. The van der Waals surface area contributed by atoms with E-state index in [1.54, 1.807) is 13.0 Å². The number of carbonyl (C=O) groups is 3. The summed E-state index contributed by atoms with van der Waals surface area (Å²) in [6, 6.07) is 3.13. The summed E-state index contributed by atoms with van der Waals surface area (Å²) in [4.78, 5) is 38.3. The lowest BCUT2D eigenvalue weighted by Crippen LogP contribution is -2.44. The van der Waals surface area contributed by atoms with E-state index in [-0.39, 0.29) is 18.5 Å². The van der Waals surface area contributed by atoms with Gasteiger partial charge in [-0.25, -0.2) is 4.79 Å². The average molecular weight is 323 g/mol. The van der Waals surface area contributed by atoms with E-state index in [0.717, 1.165) is 22.6 Å². The Labute approximate surface area is 133 Å². The van der Waals surface area contributed by atoms with E-state index in [0.29, 0.717) is 0 Å². The SMILES string of the molecule is CCC[C@@H](C)NC(=O)CN1C(=O)N[C@](C)(c2cccs2)C1=O. The van der Waals surface area contributed by atoms with Crippen LogP contribution in [0.5, 0.6) is 0 Å². The van der Waals surface area contributed by atoms with Crippen LogP contribution < -0.4 is 10.6 Å². The smallest absolute Gasteiger partial charge is 0.325 e. The van der Waals surface area contributed by atoms with Gasteiger partial charge in [0.15, 0.2) is 5.54 Å². The number of rotatable bonds is 6. The van der Waals surface area contributed by atoms with E-state index in [2.05, 4.69) is 10.6 Å². The first kappa shape index (κ1) is 16.5. The van der Waals surface area contributed by atoms with Gasteiger partial charge < -0.3 is 10.6 Å². The molecule has 2 heterocycles. The molecule has 0 aromatic carbocycles. The van der Waals surface area contributed by atoms with Crippen molar-refractivity contribution in [3.8, 4) is 0 Å². The van der Waals surface area contributed by atoms with Crippen LogP contribution >= 0.6 is 11.3 Å². The number of urea groups is 1. The summed E-state index contributed by atoms with van der Waals surface area (Å²) in [5.74, 6) is -0.710. The molecule has 1 fully saturated rings. The number of hydrogen-bond acceptors (Lipinski definition) is 4. The number of imide groups is 1. The van der Waals surface area contributed by atoms with Crippen LogP contribution in [0.25, 0.3) is 0 Å². The van der Waals surface area contributed by atoms with E-state index >= 15 is 0 Å². The fourth-order valence-electron chi connectivity index (χ4n) is 2.54. The Bertz CT molecular complexity index is 573. The van der Waals surface area contributed by atoms with Crippen molar-refractivity contribution in [2.75, 3.05) is 6.54 Å². The van der Waals surface area contributed by atoms with Crippen LogP contribution in [0.15, 0.2) is 17.5 Å². The highest BCUT2D eigenvalue weighted by Gasteiger charge is 2.50. The van der Waals surface area contributed by atoms with Crippen LogP contribution in [0.2, 0.25) is 0 Å². The first-order valence-corrected chi connectivity index (χ1v) is 8.24. The maximum absolute atomic E-state index is 12.6. The number of hydrogen-bond donors (Lipinski definition) is 2. The molecule has 1 aliphatic heterocycles. The second-order valence-electron chi connectivity index (χ2n) is 5.68. The van der Waals surface area contributed by atoms with Crippen LogP contribution in [0.3, 0.4) is 0 Å². The molecule has 0 spiro atoms. The summed E-state index contributed by atoms with van der Waals surface area (Å²) in [6.45, 7) is 5.35. The minimum absolute atomic E-state index is 0.0296. The number of carbonyl (C=O) groups excluding carboxylic acids is 3. The predicted molar refractivity (Wildman–Crippen MR) is 84.4 cm³/mol. The van der Waals surface area contributed by atoms with Gasteiger partial charge in [-0.3, -0.25) is 14.5 Å². The molecular weight excluding hydrogens is 302 g/mol. The zero-order valence-corrected chi connectivity index (χ0v) is 13.8. The molecule has 0 bridgehead atoms. The molecule has 2 atom stereocenters. The third kappa shape index (κ3) is 3.14. The molecular formula is C15H21N3O3S. The molecule has 2 rings (SSSR count). The molecule has 6 nitrogen and oxygen atoms in total. The Hall–Kier alpha value is -1.89. The lowest BCUT2D eigenvalue weighted by atomic mass is 10.0. The molecule has 22 heavy (non-hydrogen) atoms. The lowest BCUT2D eigenvalue weighted by molar-refractivity contribution is -0.134. The molecule has 1 aromatic heterocycles. The van der Waals surface area contributed by atoms with Crippen LogP contribution in [0.4, 0.5) is 4.79 Å². The molecule has 0 aliphatic carbocycles. The Morgan fingerprint density at radius 2 is 2.23 bits per heavy atom. The first-order chi connectivity index (χ1) is 10.4. The monoisotopic (exact) mass is 323 g/mol. The second kappa shape index (κ2) is 6.48. The van der Waals surface area contributed by atoms with E-state index < -0.39 is 17.5 Å². The Kier molecular flexibility index (Phi) is 4.85. The van der Waals surface area contributed by atoms with Crippen molar-refractivity contribution < 1.29 is 14.4 Å². The van der Waals surface area contributed by atoms with E-state index in [9.17, 15) is 14.4 Å². The van der Waals surface area contributed by atoms with Crippen molar-refractivity contribution in [3.05, 3.63) is 22.4 Å². The molecule has 4 amide bonds. The molecule has 7 heteroatoms. The normalized spacial score (nSPS) is 22.6. The maximum Gasteiger partial charge on any atom is 0.325 e. The minimum Gasteiger partial charge on any atom is -0.352 e. The van der Waals surface area contributed by atoms with Crippen molar-refractivity contribution in [1.82, 2.24) is 15.5 Å². The fraction of sp³-hybridized carbons (Fsp3) is 0.533. The highest BCUT2D eigenvalue weighted by molar-refractivity contribution is 7.10. The average Bonchev–Trinajstić information content (AvgIpc) is 3.04. The van der Waals surface area contributed by atoms with Crippen LogP contribution in [0, 0.1) is 0 Å². The van der Waals surface area contributed by atoms with Crippen LogP contribution in [-0.4, -0.2) is 35.3 Å². The van der Waals surface area contributed by atoms with Crippen molar-refractivity contribution in [2.45, 2.75) is 45.2 Å². The first-order valence-electron chi connectivity index (χ1n) is 7.36. The molecule has 1 saturated heterocycles. The van der Waals surface area contributed by atoms with Gasteiger partial charge in [0.1, 0.15) is 6.54 Å². The van der Waals surface area contributed by atoms with Crippen molar-refractivity contribution >= 4 is 29.2 Å². The maximum atomic E-state index is 12.6. The predicted octanol–water partition coefficient (Wildman–Crippen LogP) is 1.82. The van der Waals surface area contributed by atoms with Gasteiger partial charge in [-0.15, -0.1) is 11.3 Å². The third-order valence-corrected chi connectivity index (χ3v) is 4.81. The standard InChI is InChI=1S/C15H21N3O3S/c1-4-6-10(2)16-12(19)9-18-13(20)15(3,17-14(18)21)11-7-5-8-22-11/h5,7-8,10H,4,6,9H2,1-3H3,(H,16,19)(H,17,21)/t10-,15-/m1/s1. The molecule has 0 unspecified atom stereocenters. The van der Waals surface area contributed by atoms with Gasteiger partial charge in [-0.1, -0.05) is 19.4 Å². The molecule has 120 valence electrons. The molecule has 0 radical (unpaired) electrons. The minimum atomic E-state index is -1.08. The van der Waals surface area contributed by atoms with Crippen molar-refractivity contribution in [3.63, 3.8) is 0 Å². The van der Waals surface area contributed by atoms with Crippen molar-refractivity contribution in [1.29, 1.82) is 0 Å². The summed E-state index contributed by atoms with van der Waals surface area (Å²) in [7, 11) is 0. The highest BCUT2D eigenvalue weighted by Crippen LogP contribution is 2.31. The third-order valence-electron chi connectivity index (χ3n) is 3.72. The van der Waals surface area contributed by atoms with E-state index in [1.165, 1.54) is 11.3 Å². The Balaban J connectivity index is 2.05. The fourth-order valence-corrected chi connectivity index (χ4v) is 3.37. The topological polar surface area (TPSA) is 78.5 Å². The van der Waals surface area contributed by atoms with Gasteiger partial charge >= 0.3 is 6.03 Å². The largest absolute Gasteiger partial charge is 0.352 e. The summed E-state index contributed by atoms with van der Waals surface area (Å²) < 4.78 is 0. The van der Waals surface area contributed by atoms with Gasteiger partial charge in [0.2, 0.25) is 5.91 Å². The molecule has 1 aromatic rings. The van der Waals surface area contributed by atoms with Gasteiger partial charge in [-0.2, -0.15) is 0 Å². The van der Waals surface area contributed by atoms with Crippen LogP contribution in [0.1, 0.15) is 38.5 Å². The van der Waals surface area contributed by atoms with Gasteiger partial charge in [0, 0.05) is 10.9 Å². The number of thiophene rings is 1. The molecule has 2 N–H and O–H groups in total. The van der Waals surface area contributed by atoms with Crippen molar-refractivity contribution in [2.24, 2.45) is 0 Å². The quantitative estimate of drug-likeness (QED) is 0.784. The van der Waals surface area contributed by atoms with Gasteiger partial charge in [-0.05, 0) is 31.7 Å². The van der Waals surface area contributed by atoms with Gasteiger partial charge in [0.05, 0.1) is 0 Å². The van der Waals surface area contributed by atoms with Gasteiger partial charge in [0.25, 0.3) is 5.91 Å². The summed E-state index contributed by atoms with van der Waals surface area (Å²) in [5, 5.41) is 7.33. The molecule has 0 saturated carbocycles. The van der Waals surface area contributed by atoms with Crippen LogP contribution in [-0.2, 0) is 15.1 Å². The zero-order chi connectivity index (χ0) is 16.3. The van der Waals surface area contributed by atoms with E-state index in [1.807, 2.05) is 25.3 Å². The summed E-state index contributed by atoms with van der Waals surface area (Å²) in [5.41, 5.74) is -1.08. The number of amides is 4. The Morgan fingerprint density at radius 1 is 1.50 bits per heavy atom.